The highest BCUT2D eigenvalue weighted by Crippen LogP contribution is 2.25. The standard InChI is InChI=1S/C14H15BrN2OS/c15-13-10-19-14(16-13)18-12-6-7-17(9-12)8-11-4-2-1-3-5-11/h1-5,10,12H,6-9H2. The topological polar surface area (TPSA) is 25.4 Å². The van der Waals surface area contributed by atoms with Gasteiger partial charge in [0.05, 0.1) is 0 Å². The lowest BCUT2D eigenvalue weighted by atomic mass is 10.2. The van der Waals surface area contributed by atoms with Gasteiger partial charge in [0.1, 0.15) is 10.7 Å². The third-order valence-corrected chi connectivity index (χ3v) is 4.64. The summed E-state index contributed by atoms with van der Waals surface area (Å²) >= 11 is 4.89. The van der Waals surface area contributed by atoms with E-state index in [1.165, 1.54) is 5.56 Å². The summed E-state index contributed by atoms with van der Waals surface area (Å²) in [5, 5.41) is 2.71. The smallest absolute Gasteiger partial charge is 0.274 e. The summed E-state index contributed by atoms with van der Waals surface area (Å²) in [6.45, 7) is 3.07. The van der Waals surface area contributed by atoms with Gasteiger partial charge in [-0.05, 0) is 27.9 Å². The highest BCUT2D eigenvalue weighted by Gasteiger charge is 2.24. The maximum atomic E-state index is 5.90. The molecular weight excluding hydrogens is 324 g/mol. The van der Waals surface area contributed by atoms with Gasteiger partial charge in [-0.2, -0.15) is 4.98 Å². The Balaban J connectivity index is 1.53. The van der Waals surface area contributed by atoms with Crippen LogP contribution in [0.5, 0.6) is 5.19 Å². The quantitative estimate of drug-likeness (QED) is 0.852. The molecule has 1 unspecified atom stereocenters. The fourth-order valence-corrected chi connectivity index (χ4v) is 3.47. The van der Waals surface area contributed by atoms with Crippen LogP contribution in [-0.2, 0) is 6.54 Å². The van der Waals surface area contributed by atoms with E-state index in [2.05, 4.69) is 56.1 Å². The third-order valence-electron chi connectivity index (χ3n) is 3.20. The van der Waals surface area contributed by atoms with Crippen molar-refractivity contribution in [3.8, 4) is 5.19 Å². The lowest BCUT2D eigenvalue weighted by Gasteiger charge is -2.15. The van der Waals surface area contributed by atoms with Crippen LogP contribution in [0.2, 0.25) is 0 Å². The van der Waals surface area contributed by atoms with Crippen molar-refractivity contribution in [2.75, 3.05) is 13.1 Å². The predicted octanol–water partition coefficient (Wildman–Crippen LogP) is 3.56. The van der Waals surface area contributed by atoms with Crippen molar-refractivity contribution in [3.05, 3.63) is 45.9 Å². The number of ether oxygens (including phenoxy) is 1. The van der Waals surface area contributed by atoms with E-state index in [0.29, 0.717) is 0 Å². The van der Waals surface area contributed by atoms with Crippen molar-refractivity contribution in [2.45, 2.75) is 19.1 Å². The molecule has 100 valence electrons. The van der Waals surface area contributed by atoms with Gasteiger partial charge in [0, 0.05) is 25.0 Å². The van der Waals surface area contributed by atoms with Crippen LogP contribution < -0.4 is 4.74 Å². The minimum Gasteiger partial charge on any atom is -0.465 e. The fraction of sp³-hybridized carbons (Fsp3) is 0.357. The molecule has 1 aliphatic heterocycles. The minimum atomic E-state index is 0.266. The van der Waals surface area contributed by atoms with Crippen molar-refractivity contribution in [1.82, 2.24) is 9.88 Å². The molecule has 1 aromatic carbocycles. The molecule has 2 heterocycles. The maximum absolute atomic E-state index is 5.90. The zero-order valence-corrected chi connectivity index (χ0v) is 12.9. The molecule has 1 aromatic heterocycles. The molecular formula is C14H15BrN2OS. The van der Waals surface area contributed by atoms with Crippen LogP contribution in [-0.4, -0.2) is 29.1 Å². The van der Waals surface area contributed by atoms with Gasteiger partial charge in [-0.15, -0.1) is 0 Å². The van der Waals surface area contributed by atoms with Crippen molar-refractivity contribution >= 4 is 27.3 Å². The molecule has 19 heavy (non-hydrogen) atoms. The highest BCUT2D eigenvalue weighted by molar-refractivity contribution is 9.10. The number of likely N-dealkylation sites (tertiary alicyclic amines) is 1. The average Bonchev–Trinajstić information content (AvgIpc) is 3.01. The van der Waals surface area contributed by atoms with Gasteiger partial charge < -0.3 is 4.74 Å². The normalized spacial score (nSPS) is 19.7. The second-order valence-corrected chi connectivity index (χ2v) is 6.32. The first kappa shape index (κ1) is 13.1. The summed E-state index contributed by atoms with van der Waals surface area (Å²) in [4.78, 5) is 6.71. The lowest BCUT2D eigenvalue weighted by Crippen LogP contribution is -2.24. The second kappa shape index (κ2) is 6.03. The second-order valence-electron chi connectivity index (χ2n) is 4.69. The zero-order chi connectivity index (χ0) is 13.1. The van der Waals surface area contributed by atoms with Crippen LogP contribution in [0.3, 0.4) is 0 Å². The van der Waals surface area contributed by atoms with Crippen molar-refractivity contribution < 1.29 is 4.74 Å². The molecule has 3 nitrogen and oxygen atoms in total. The molecule has 1 atom stereocenters. The minimum absolute atomic E-state index is 0.266. The van der Waals surface area contributed by atoms with Crippen LogP contribution in [0.15, 0.2) is 40.3 Å². The number of thiazole rings is 1. The Morgan fingerprint density at radius 3 is 2.95 bits per heavy atom. The Morgan fingerprint density at radius 2 is 2.21 bits per heavy atom. The van der Waals surface area contributed by atoms with Gasteiger partial charge in [0.2, 0.25) is 0 Å². The monoisotopic (exact) mass is 338 g/mol. The molecule has 1 saturated heterocycles. The van der Waals surface area contributed by atoms with Crippen molar-refractivity contribution in [1.29, 1.82) is 0 Å². The molecule has 0 radical (unpaired) electrons. The van der Waals surface area contributed by atoms with E-state index in [-0.39, 0.29) is 6.10 Å². The number of aromatic nitrogens is 1. The fourth-order valence-electron chi connectivity index (χ4n) is 2.31. The van der Waals surface area contributed by atoms with Gasteiger partial charge >= 0.3 is 0 Å². The van der Waals surface area contributed by atoms with E-state index in [1.54, 1.807) is 11.3 Å². The molecule has 1 aliphatic rings. The van der Waals surface area contributed by atoms with Gasteiger partial charge in [-0.3, -0.25) is 4.90 Å². The van der Waals surface area contributed by atoms with Crippen LogP contribution >= 0.6 is 27.3 Å². The molecule has 0 bridgehead atoms. The Bertz CT molecular complexity index is 531. The van der Waals surface area contributed by atoms with Crippen LogP contribution in [0.1, 0.15) is 12.0 Å². The zero-order valence-electron chi connectivity index (χ0n) is 10.5. The predicted molar refractivity (Wildman–Crippen MR) is 80.6 cm³/mol. The number of hydrogen-bond acceptors (Lipinski definition) is 4. The van der Waals surface area contributed by atoms with Gasteiger partial charge in [0.25, 0.3) is 5.19 Å². The molecule has 0 saturated carbocycles. The third kappa shape index (κ3) is 3.55. The van der Waals surface area contributed by atoms with E-state index < -0.39 is 0 Å². The molecule has 0 N–H and O–H groups in total. The van der Waals surface area contributed by atoms with E-state index in [4.69, 9.17) is 4.74 Å². The first-order chi connectivity index (χ1) is 9.29. The van der Waals surface area contributed by atoms with Gasteiger partial charge in [0.15, 0.2) is 0 Å². The number of hydrogen-bond donors (Lipinski definition) is 0. The Kier molecular flexibility index (Phi) is 4.15. The van der Waals surface area contributed by atoms with E-state index in [9.17, 15) is 0 Å². The summed E-state index contributed by atoms with van der Waals surface area (Å²) in [5.74, 6) is 0. The molecule has 5 heteroatoms. The van der Waals surface area contributed by atoms with E-state index in [1.807, 2.05) is 5.38 Å². The number of halogens is 1. The van der Waals surface area contributed by atoms with Crippen LogP contribution in [0.4, 0.5) is 0 Å². The Hall–Kier alpha value is -0.910. The van der Waals surface area contributed by atoms with Crippen molar-refractivity contribution in [2.24, 2.45) is 0 Å². The average molecular weight is 339 g/mol. The summed E-state index contributed by atoms with van der Waals surface area (Å²) in [5.41, 5.74) is 1.36. The van der Waals surface area contributed by atoms with E-state index >= 15 is 0 Å². The molecule has 1 fully saturated rings. The Morgan fingerprint density at radius 1 is 1.37 bits per heavy atom. The SMILES string of the molecule is Brc1csc(OC2CCN(Cc3ccccc3)C2)n1. The first-order valence-electron chi connectivity index (χ1n) is 6.33. The first-order valence-corrected chi connectivity index (χ1v) is 8.01. The number of rotatable bonds is 4. The maximum Gasteiger partial charge on any atom is 0.274 e. The van der Waals surface area contributed by atoms with Crippen LogP contribution in [0, 0.1) is 0 Å². The molecule has 0 aliphatic carbocycles. The summed E-state index contributed by atoms with van der Waals surface area (Å²) in [6, 6.07) is 10.6. The summed E-state index contributed by atoms with van der Waals surface area (Å²) in [6.07, 6.45) is 1.34. The summed E-state index contributed by atoms with van der Waals surface area (Å²) < 4.78 is 6.75. The summed E-state index contributed by atoms with van der Waals surface area (Å²) in [7, 11) is 0. The molecule has 0 spiro atoms. The molecule has 3 rings (SSSR count). The van der Waals surface area contributed by atoms with Crippen LogP contribution in [0.25, 0.3) is 0 Å². The largest absolute Gasteiger partial charge is 0.465 e. The molecule has 2 aromatic rings. The van der Waals surface area contributed by atoms with Gasteiger partial charge in [-0.25, -0.2) is 0 Å². The lowest BCUT2D eigenvalue weighted by molar-refractivity contribution is 0.197. The van der Waals surface area contributed by atoms with E-state index in [0.717, 1.165) is 35.9 Å². The Labute approximate surface area is 125 Å². The number of benzene rings is 1. The van der Waals surface area contributed by atoms with Crippen molar-refractivity contribution in [3.63, 3.8) is 0 Å². The molecule has 0 amide bonds. The number of nitrogens with zero attached hydrogens (tertiary/aromatic N) is 2. The van der Waals surface area contributed by atoms with Gasteiger partial charge in [-0.1, -0.05) is 41.7 Å². The highest BCUT2D eigenvalue weighted by atomic mass is 79.9.